The molecular formula is C10H10. The minimum absolute atomic E-state index is 1.15. The summed E-state index contributed by atoms with van der Waals surface area (Å²) in [6.07, 6.45) is 12.1. The van der Waals surface area contributed by atoms with Crippen molar-refractivity contribution in [3.63, 3.8) is 0 Å². The van der Waals surface area contributed by atoms with Crippen LogP contribution in [0.15, 0.2) is 47.1 Å². The van der Waals surface area contributed by atoms with Gasteiger partial charge in [0.1, 0.15) is 0 Å². The van der Waals surface area contributed by atoms with Crippen molar-refractivity contribution in [3.8, 4) is 0 Å². The molecule has 0 nitrogen and oxygen atoms in total. The molecule has 0 N–H and O–H groups in total. The van der Waals surface area contributed by atoms with Gasteiger partial charge < -0.3 is 0 Å². The average molecular weight is 130 g/mol. The molecule has 50 valence electrons. The van der Waals surface area contributed by atoms with E-state index in [0.29, 0.717) is 0 Å². The lowest BCUT2D eigenvalue weighted by Gasteiger charge is -1.85. The first kappa shape index (κ1) is 5.72. The lowest BCUT2D eigenvalue weighted by atomic mass is 10.2. The maximum atomic E-state index is 2.26. The van der Waals surface area contributed by atoms with Crippen molar-refractivity contribution in [1.82, 2.24) is 0 Å². The first-order valence-corrected chi connectivity index (χ1v) is 3.71. The molecule has 0 heteroatoms. The molecule has 2 rings (SSSR count). The van der Waals surface area contributed by atoms with Crippen LogP contribution in [0.1, 0.15) is 13.3 Å². The highest BCUT2D eigenvalue weighted by molar-refractivity contribution is 5.62. The number of hydrogen-bond donors (Lipinski definition) is 0. The highest BCUT2D eigenvalue weighted by Gasteiger charge is 2.10. The molecule has 0 aromatic rings. The molecule has 0 saturated heterocycles. The van der Waals surface area contributed by atoms with Gasteiger partial charge in [0.05, 0.1) is 0 Å². The summed E-state index contributed by atoms with van der Waals surface area (Å²) in [6.45, 7) is 2.19. The molecule has 0 unspecified atom stereocenters. The van der Waals surface area contributed by atoms with E-state index in [2.05, 4.69) is 37.3 Å². The second-order valence-electron chi connectivity index (χ2n) is 2.65. The van der Waals surface area contributed by atoms with E-state index in [1.54, 1.807) is 0 Å². The van der Waals surface area contributed by atoms with Crippen LogP contribution in [0.25, 0.3) is 0 Å². The van der Waals surface area contributed by atoms with Gasteiger partial charge in [0, 0.05) is 0 Å². The van der Waals surface area contributed by atoms with Crippen molar-refractivity contribution in [2.24, 2.45) is 0 Å². The van der Waals surface area contributed by atoms with Crippen molar-refractivity contribution >= 4 is 0 Å². The zero-order valence-corrected chi connectivity index (χ0v) is 6.09. The van der Waals surface area contributed by atoms with E-state index in [4.69, 9.17) is 0 Å². The first-order valence-electron chi connectivity index (χ1n) is 3.71. The third-order valence-corrected chi connectivity index (χ3v) is 1.97. The average Bonchev–Trinajstić information content (AvgIpc) is 2.42. The minimum atomic E-state index is 1.15. The van der Waals surface area contributed by atoms with E-state index >= 15 is 0 Å². The van der Waals surface area contributed by atoms with Gasteiger partial charge in [0.2, 0.25) is 0 Å². The molecule has 0 aliphatic heterocycles. The normalized spacial score (nSPS) is 20.3. The number of fused-ring (bicyclic) bond motifs is 1. The molecule has 0 amide bonds. The van der Waals surface area contributed by atoms with Crippen LogP contribution in [0.4, 0.5) is 0 Å². The van der Waals surface area contributed by atoms with Gasteiger partial charge in [0.25, 0.3) is 0 Å². The summed E-state index contributed by atoms with van der Waals surface area (Å²) < 4.78 is 0. The van der Waals surface area contributed by atoms with Gasteiger partial charge in [-0.15, -0.1) is 0 Å². The molecule has 0 spiro atoms. The molecular weight excluding hydrogens is 120 g/mol. The van der Waals surface area contributed by atoms with Gasteiger partial charge >= 0.3 is 0 Å². The predicted molar refractivity (Wildman–Crippen MR) is 43.7 cm³/mol. The molecule has 10 heavy (non-hydrogen) atoms. The van der Waals surface area contributed by atoms with Crippen LogP contribution in [0.2, 0.25) is 0 Å². The van der Waals surface area contributed by atoms with Crippen LogP contribution in [-0.4, -0.2) is 0 Å². The summed E-state index contributed by atoms with van der Waals surface area (Å²) in [5, 5.41) is 0. The largest absolute Gasteiger partial charge is 0.0613 e. The molecule has 2 aliphatic rings. The van der Waals surface area contributed by atoms with Gasteiger partial charge in [-0.25, -0.2) is 0 Å². The van der Waals surface area contributed by atoms with Crippen LogP contribution >= 0.6 is 0 Å². The maximum Gasteiger partial charge on any atom is -0.0181 e. The Morgan fingerprint density at radius 1 is 1.20 bits per heavy atom. The summed E-state index contributed by atoms with van der Waals surface area (Å²) in [6, 6.07) is 0. The Balaban J connectivity index is 2.38. The maximum absolute atomic E-state index is 2.26. The zero-order chi connectivity index (χ0) is 6.97. The lowest BCUT2D eigenvalue weighted by molar-refractivity contribution is 1.16. The molecule has 0 aromatic carbocycles. The number of hydrogen-bond acceptors (Lipinski definition) is 0. The van der Waals surface area contributed by atoms with Gasteiger partial charge in [-0.1, -0.05) is 37.3 Å². The van der Waals surface area contributed by atoms with Crippen LogP contribution < -0.4 is 0 Å². The summed E-state index contributed by atoms with van der Waals surface area (Å²) >= 11 is 0. The van der Waals surface area contributed by atoms with Gasteiger partial charge in [-0.05, 0) is 23.1 Å². The quantitative estimate of drug-likeness (QED) is 0.512. The predicted octanol–water partition coefficient (Wildman–Crippen LogP) is 2.76. The van der Waals surface area contributed by atoms with Crippen LogP contribution in [-0.2, 0) is 0 Å². The summed E-state index contributed by atoms with van der Waals surface area (Å²) in [4.78, 5) is 0. The topological polar surface area (TPSA) is 0 Å². The highest BCUT2D eigenvalue weighted by atomic mass is 14.1. The Kier molecular flexibility index (Phi) is 1.13. The molecule has 0 radical (unpaired) electrons. The van der Waals surface area contributed by atoms with E-state index in [-0.39, 0.29) is 0 Å². The molecule has 2 aliphatic carbocycles. The molecule has 0 heterocycles. The third-order valence-electron chi connectivity index (χ3n) is 1.97. The fourth-order valence-electron chi connectivity index (χ4n) is 1.36. The standard InChI is InChI=1S/C10H10/c1-2-8-6-9-4-3-5-10(9)7-8/h3-7H,2H2,1H3. The fraction of sp³-hybridized carbons (Fsp3) is 0.200. The molecule has 0 bridgehead atoms. The van der Waals surface area contributed by atoms with Crippen molar-refractivity contribution in [1.29, 1.82) is 0 Å². The van der Waals surface area contributed by atoms with E-state index in [0.717, 1.165) is 6.42 Å². The Bertz CT molecular complexity index is 272. The molecule has 0 atom stereocenters. The van der Waals surface area contributed by atoms with Crippen LogP contribution in [0.3, 0.4) is 0 Å². The Morgan fingerprint density at radius 2 is 2.10 bits per heavy atom. The lowest BCUT2D eigenvalue weighted by Crippen LogP contribution is -1.67. The van der Waals surface area contributed by atoms with Crippen molar-refractivity contribution in [2.75, 3.05) is 0 Å². The van der Waals surface area contributed by atoms with E-state index in [1.807, 2.05) is 0 Å². The smallest absolute Gasteiger partial charge is 0.0181 e. The van der Waals surface area contributed by atoms with Crippen molar-refractivity contribution in [2.45, 2.75) is 13.3 Å². The Morgan fingerprint density at radius 3 is 2.80 bits per heavy atom. The van der Waals surface area contributed by atoms with Gasteiger partial charge in [-0.3, -0.25) is 0 Å². The minimum Gasteiger partial charge on any atom is -0.0613 e. The second kappa shape index (κ2) is 1.98. The number of allylic oxidation sites excluding steroid dienone is 8. The molecule has 0 saturated carbocycles. The van der Waals surface area contributed by atoms with Crippen LogP contribution in [0.5, 0.6) is 0 Å². The third kappa shape index (κ3) is 0.688. The van der Waals surface area contributed by atoms with Crippen molar-refractivity contribution in [3.05, 3.63) is 47.1 Å². The van der Waals surface area contributed by atoms with Gasteiger partial charge in [-0.2, -0.15) is 0 Å². The Labute approximate surface area is 61.3 Å². The molecule has 0 aromatic heterocycles. The van der Waals surface area contributed by atoms with E-state index in [1.165, 1.54) is 16.7 Å². The SMILES string of the molecule is CCC1=CC2=CC=CC2=C1. The monoisotopic (exact) mass is 130 g/mol. The number of rotatable bonds is 1. The fourth-order valence-corrected chi connectivity index (χ4v) is 1.36. The van der Waals surface area contributed by atoms with Crippen LogP contribution in [0, 0.1) is 0 Å². The zero-order valence-electron chi connectivity index (χ0n) is 6.09. The van der Waals surface area contributed by atoms with E-state index in [9.17, 15) is 0 Å². The highest BCUT2D eigenvalue weighted by Crippen LogP contribution is 2.29. The Hall–Kier alpha value is -1.04. The first-order chi connectivity index (χ1) is 4.90. The van der Waals surface area contributed by atoms with Crippen molar-refractivity contribution < 1.29 is 0 Å². The summed E-state index contributed by atoms with van der Waals surface area (Å²) in [5.41, 5.74) is 4.22. The second-order valence-corrected chi connectivity index (χ2v) is 2.65. The molecule has 0 fully saturated rings. The summed E-state index contributed by atoms with van der Waals surface area (Å²) in [7, 11) is 0. The summed E-state index contributed by atoms with van der Waals surface area (Å²) in [5.74, 6) is 0. The van der Waals surface area contributed by atoms with E-state index < -0.39 is 0 Å². The van der Waals surface area contributed by atoms with Gasteiger partial charge in [0.15, 0.2) is 0 Å².